The molecule has 6 heteroatoms. The smallest absolute Gasteiger partial charge is 0.243 e. The van der Waals surface area contributed by atoms with E-state index in [9.17, 15) is 13.2 Å². The molecule has 0 aliphatic carbocycles. The van der Waals surface area contributed by atoms with Gasteiger partial charge in [-0.25, -0.2) is 12.7 Å². The second-order valence-corrected chi connectivity index (χ2v) is 6.85. The van der Waals surface area contributed by atoms with Gasteiger partial charge in [0.2, 0.25) is 15.9 Å². The third kappa shape index (κ3) is 4.05. The van der Waals surface area contributed by atoms with E-state index >= 15 is 0 Å². The summed E-state index contributed by atoms with van der Waals surface area (Å²) >= 11 is 0. The highest BCUT2D eigenvalue weighted by molar-refractivity contribution is 7.89. The zero-order valence-electron chi connectivity index (χ0n) is 12.4. The van der Waals surface area contributed by atoms with E-state index < -0.39 is 10.0 Å². The number of nitrogens with one attached hydrogen (secondary N) is 1. The molecule has 0 radical (unpaired) electrons. The first kappa shape index (κ1) is 16.7. The lowest BCUT2D eigenvalue weighted by atomic mass is 10.2. The first-order chi connectivity index (χ1) is 9.28. The number of hydrogen-bond donors (Lipinski definition) is 1. The number of nitrogens with zero attached hydrogens (tertiary/aromatic N) is 1. The highest BCUT2D eigenvalue weighted by atomic mass is 32.2. The van der Waals surface area contributed by atoms with Crippen molar-refractivity contribution < 1.29 is 13.2 Å². The van der Waals surface area contributed by atoms with Crippen LogP contribution in [0.5, 0.6) is 0 Å². The molecule has 0 bridgehead atoms. The number of sulfonamides is 1. The molecule has 1 aromatic rings. The van der Waals surface area contributed by atoms with Crippen LogP contribution in [-0.4, -0.2) is 32.2 Å². The molecule has 0 atom stereocenters. The molecule has 0 fully saturated rings. The first-order valence-electron chi connectivity index (χ1n) is 6.63. The van der Waals surface area contributed by atoms with E-state index in [1.807, 2.05) is 6.92 Å². The Morgan fingerprint density at radius 2 is 2.00 bits per heavy atom. The fourth-order valence-corrected chi connectivity index (χ4v) is 3.28. The van der Waals surface area contributed by atoms with E-state index in [1.54, 1.807) is 26.1 Å². The standard InChI is InChI=1S/C14H22N2O3S/c1-5-6-9-16(4)20(18,19)14-10-13(15-12(3)17)8-7-11(14)2/h7-8,10H,5-6,9H2,1-4H3,(H,15,17). The summed E-state index contributed by atoms with van der Waals surface area (Å²) < 4.78 is 26.4. The third-order valence-corrected chi connectivity index (χ3v) is 5.02. The van der Waals surface area contributed by atoms with E-state index in [0.29, 0.717) is 17.8 Å². The van der Waals surface area contributed by atoms with Crippen molar-refractivity contribution >= 4 is 21.6 Å². The molecule has 0 aliphatic heterocycles. The van der Waals surface area contributed by atoms with Crippen molar-refractivity contribution in [2.75, 3.05) is 18.9 Å². The number of unbranched alkanes of at least 4 members (excludes halogenated alkanes) is 1. The van der Waals surface area contributed by atoms with Gasteiger partial charge in [-0.2, -0.15) is 0 Å². The Bertz CT molecular complexity index is 582. The van der Waals surface area contributed by atoms with Crippen molar-refractivity contribution in [1.29, 1.82) is 0 Å². The minimum Gasteiger partial charge on any atom is -0.326 e. The number of aryl methyl sites for hydroxylation is 1. The number of carbonyl (C=O) groups is 1. The molecule has 0 aromatic heterocycles. The summed E-state index contributed by atoms with van der Waals surface area (Å²) in [6.07, 6.45) is 1.75. The average Bonchev–Trinajstić information content (AvgIpc) is 2.37. The Hall–Kier alpha value is -1.40. The molecule has 0 heterocycles. The van der Waals surface area contributed by atoms with Gasteiger partial charge in [-0.1, -0.05) is 19.4 Å². The summed E-state index contributed by atoms with van der Waals surface area (Å²) in [6, 6.07) is 4.90. The Morgan fingerprint density at radius 3 is 2.55 bits per heavy atom. The summed E-state index contributed by atoms with van der Waals surface area (Å²) in [5.74, 6) is -0.225. The van der Waals surface area contributed by atoms with Crippen molar-refractivity contribution in [3.05, 3.63) is 23.8 Å². The van der Waals surface area contributed by atoms with Crippen LogP contribution in [-0.2, 0) is 14.8 Å². The van der Waals surface area contributed by atoms with Crippen molar-refractivity contribution in [2.24, 2.45) is 0 Å². The van der Waals surface area contributed by atoms with Crippen LogP contribution in [0.3, 0.4) is 0 Å². The Balaban J connectivity index is 3.13. The number of anilines is 1. The molecule has 112 valence electrons. The van der Waals surface area contributed by atoms with Crippen molar-refractivity contribution in [1.82, 2.24) is 4.31 Å². The number of carbonyl (C=O) groups excluding carboxylic acids is 1. The van der Waals surface area contributed by atoms with Gasteiger partial charge >= 0.3 is 0 Å². The van der Waals surface area contributed by atoms with Crippen LogP contribution >= 0.6 is 0 Å². The van der Waals surface area contributed by atoms with E-state index in [4.69, 9.17) is 0 Å². The molecule has 5 nitrogen and oxygen atoms in total. The second-order valence-electron chi connectivity index (χ2n) is 4.84. The van der Waals surface area contributed by atoms with E-state index in [1.165, 1.54) is 17.3 Å². The maximum absolute atomic E-state index is 12.5. The quantitative estimate of drug-likeness (QED) is 0.877. The van der Waals surface area contributed by atoms with Crippen molar-refractivity contribution in [3.8, 4) is 0 Å². The lowest BCUT2D eigenvalue weighted by Gasteiger charge is -2.19. The van der Waals surface area contributed by atoms with Gasteiger partial charge in [0.05, 0.1) is 4.90 Å². The molecule has 1 amide bonds. The molecule has 0 saturated heterocycles. The lowest BCUT2D eigenvalue weighted by Crippen LogP contribution is -2.28. The SMILES string of the molecule is CCCCN(C)S(=O)(=O)c1cc(NC(C)=O)ccc1C. The summed E-state index contributed by atoms with van der Waals surface area (Å²) in [4.78, 5) is 11.3. The number of rotatable bonds is 6. The van der Waals surface area contributed by atoms with Gasteiger partial charge in [-0.3, -0.25) is 4.79 Å². The molecular formula is C14H22N2O3S. The molecule has 1 aromatic carbocycles. The predicted octanol–water partition coefficient (Wildman–Crippen LogP) is 2.37. The van der Waals surface area contributed by atoms with Gasteiger partial charge in [-0.05, 0) is 31.0 Å². The topological polar surface area (TPSA) is 66.5 Å². The van der Waals surface area contributed by atoms with Crippen LogP contribution < -0.4 is 5.32 Å². The van der Waals surface area contributed by atoms with Gasteiger partial charge in [0, 0.05) is 26.2 Å². The summed E-state index contributed by atoms with van der Waals surface area (Å²) in [5.41, 5.74) is 1.16. The van der Waals surface area contributed by atoms with Crippen LogP contribution in [0, 0.1) is 6.92 Å². The first-order valence-corrected chi connectivity index (χ1v) is 8.07. The van der Waals surface area contributed by atoms with Crippen LogP contribution in [0.1, 0.15) is 32.3 Å². The fourth-order valence-electron chi connectivity index (χ4n) is 1.83. The van der Waals surface area contributed by atoms with Crippen LogP contribution in [0.25, 0.3) is 0 Å². The minimum atomic E-state index is -3.52. The lowest BCUT2D eigenvalue weighted by molar-refractivity contribution is -0.114. The maximum atomic E-state index is 12.5. The molecule has 0 unspecified atom stereocenters. The molecular weight excluding hydrogens is 276 g/mol. The second kappa shape index (κ2) is 6.85. The number of hydrogen-bond acceptors (Lipinski definition) is 3. The van der Waals surface area contributed by atoms with Crippen molar-refractivity contribution in [2.45, 2.75) is 38.5 Å². The molecule has 0 aliphatic rings. The maximum Gasteiger partial charge on any atom is 0.243 e. The van der Waals surface area contributed by atoms with Gasteiger partial charge in [-0.15, -0.1) is 0 Å². The monoisotopic (exact) mass is 298 g/mol. The predicted molar refractivity (Wildman–Crippen MR) is 80.2 cm³/mol. The summed E-state index contributed by atoms with van der Waals surface area (Å²) in [6.45, 7) is 5.64. The van der Waals surface area contributed by atoms with Crippen LogP contribution in [0.2, 0.25) is 0 Å². The average molecular weight is 298 g/mol. The van der Waals surface area contributed by atoms with E-state index in [2.05, 4.69) is 5.32 Å². The fraction of sp³-hybridized carbons (Fsp3) is 0.500. The molecule has 1 N–H and O–H groups in total. The van der Waals surface area contributed by atoms with Gasteiger partial charge in [0.25, 0.3) is 0 Å². The zero-order chi connectivity index (χ0) is 15.3. The Kier molecular flexibility index (Phi) is 5.71. The van der Waals surface area contributed by atoms with E-state index in [-0.39, 0.29) is 10.8 Å². The van der Waals surface area contributed by atoms with Crippen molar-refractivity contribution in [3.63, 3.8) is 0 Å². The Morgan fingerprint density at radius 1 is 1.35 bits per heavy atom. The van der Waals surface area contributed by atoms with Crippen LogP contribution in [0.4, 0.5) is 5.69 Å². The highest BCUT2D eigenvalue weighted by Crippen LogP contribution is 2.23. The third-order valence-electron chi connectivity index (χ3n) is 3.02. The highest BCUT2D eigenvalue weighted by Gasteiger charge is 2.22. The van der Waals surface area contributed by atoms with Gasteiger partial charge in [0.15, 0.2) is 0 Å². The molecule has 0 saturated carbocycles. The molecule has 1 rings (SSSR count). The zero-order valence-corrected chi connectivity index (χ0v) is 13.3. The normalized spacial score (nSPS) is 11.7. The van der Waals surface area contributed by atoms with Crippen LogP contribution in [0.15, 0.2) is 23.1 Å². The van der Waals surface area contributed by atoms with Gasteiger partial charge < -0.3 is 5.32 Å². The summed E-state index contributed by atoms with van der Waals surface area (Å²) in [5, 5.41) is 2.60. The van der Waals surface area contributed by atoms with E-state index in [0.717, 1.165) is 12.8 Å². The van der Waals surface area contributed by atoms with Gasteiger partial charge in [0.1, 0.15) is 0 Å². The number of benzene rings is 1. The molecule has 0 spiro atoms. The number of amides is 1. The largest absolute Gasteiger partial charge is 0.326 e. The Labute approximate surface area is 121 Å². The minimum absolute atomic E-state index is 0.225. The summed E-state index contributed by atoms with van der Waals surface area (Å²) in [7, 11) is -1.94. The molecule has 20 heavy (non-hydrogen) atoms.